The monoisotopic (exact) mass is 575 g/mol. The molecule has 40 heavy (non-hydrogen) atoms. The van der Waals surface area contributed by atoms with E-state index in [0.29, 0.717) is 23.4 Å². The fourth-order valence-corrected chi connectivity index (χ4v) is 5.99. The molecule has 1 aliphatic rings. The number of fused-ring (bicyclic) bond motifs is 1. The molecule has 3 heterocycles. The number of rotatable bonds is 10. The predicted octanol–water partition coefficient (Wildman–Crippen LogP) is 3.38. The van der Waals surface area contributed by atoms with Crippen LogP contribution in [0.15, 0.2) is 82.9 Å². The zero-order valence-electron chi connectivity index (χ0n) is 21.4. The SMILES string of the molecule is CN(Cc1ccccc1)c1cc(/C=C2\SC(=O)NC2=O)nc(NCCNS(=O)(=O)c2cccc3cnccc23)n1. The predicted molar refractivity (Wildman–Crippen MR) is 155 cm³/mol. The number of anilines is 2. The summed E-state index contributed by atoms with van der Waals surface area (Å²) in [7, 11) is -1.91. The first-order valence-electron chi connectivity index (χ1n) is 12.2. The van der Waals surface area contributed by atoms with Crippen LogP contribution < -0.4 is 20.3 Å². The molecule has 1 fully saturated rings. The molecule has 0 saturated carbocycles. The van der Waals surface area contributed by atoms with Gasteiger partial charge in [0.25, 0.3) is 11.1 Å². The molecule has 5 rings (SSSR count). The Kier molecular flexibility index (Phi) is 8.05. The minimum atomic E-state index is -3.79. The average molecular weight is 576 g/mol. The molecule has 1 aliphatic heterocycles. The van der Waals surface area contributed by atoms with Gasteiger partial charge in [0.15, 0.2) is 0 Å². The molecule has 0 bridgehead atoms. The van der Waals surface area contributed by atoms with Crippen LogP contribution in [0.3, 0.4) is 0 Å². The van der Waals surface area contributed by atoms with Gasteiger partial charge in [0.1, 0.15) is 5.82 Å². The Balaban J connectivity index is 1.32. The summed E-state index contributed by atoms with van der Waals surface area (Å²) in [6.45, 7) is 0.836. The van der Waals surface area contributed by atoms with Crippen LogP contribution in [0, 0.1) is 0 Å². The lowest BCUT2D eigenvalue weighted by Crippen LogP contribution is -2.29. The molecule has 204 valence electrons. The topological polar surface area (TPSA) is 146 Å². The number of hydrogen-bond acceptors (Lipinski definition) is 10. The molecule has 2 aromatic heterocycles. The van der Waals surface area contributed by atoms with E-state index < -0.39 is 21.2 Å². The average Bonchev–Trinajstić information content (AvgIpc) is 3.27. The summed E-state index contributed by atoms with van der Waals surface area (Å²) in [5.74, 6) is 0.336. The number of imide groups is 1. The van der Waals surface area contributed by atoms with Gasteiger partial charge in [-0.05, 0) is 35.5 Å². The zero-order valence-corrected chi connectivity index (χ0v) is 23.0. The molecule has 2 amide bonds. The highest BCUT2D eigenvalue weighted by Gasteiger charge is 2.25. The fourth-order valence-electron chi connectivity index (χ4n) is 4.06. The summed E-state index contributed by atoms with van der Waals surface area (Å²) < 4.78 is 28.6. The van der Waals surface area contributed by atoms with Crippen LogP contribution >= 0.6 is 11.8 Å². The highest BCUT2D eigenvalue weighted by atomic mass is 32.2. The molecule has 2 aromatic carbocycles. The minimum Gasteiger partial charge on any atom is -0.355 e. The van der Waals surface area contributed by atoms with E-state index in [9.17, 15) is 18.0 Å². The number of thioether (sulfide) groups is 1. The quantitative estimate of drug-likeness (QED) is 0.190. The second-order valence-corrected chi connectivity index (χ2v) is 11.6. The zero-order chi connectivity index (χ0) is 28.1. The minimum absolute atomic E-state index is 0.0699. The molecule has 4 aromatic rings. The van der Waals surface area contributed by atoms with Gasteiger partial charge in [0.05, 0.1) is 15.5 Å². The van der Waals surface area contributed by atoms with E-state index in [-0.39, 0.29) is 28.8 Å². The van der Waals surface area contributed by atoms with Crippen molar-refractivity contribution in [1.29, 1.82) is 0 Å². The number of benzene rings is 2. The molecule has 0 atom stereocenters. The molecule has 0 aliphatic carbocycles. The van der Waals surface area contributed by atoms with Gasteiger partial charge in [-0.25, -0.2) is 18.1 Å². The van der Waals surface area contributed by atoms with Gasteiger partial charge in [0, 0.05) is 55.9 Å². The van der Waals surface area contributed by atoms with E-state index in [1.54, 1.807) is 42.7 Å². The highest BCUT2D eigenvalue weighted by Crippen LogP contribution is 2.27. The number of sulfonamides is 1. The molecule has 13 heteroatoms. The maximum atomic E-state index is 13.0. The molecule has 1 saturated heterocycles. The Bertz CT molecular complexity index is 1710. The third-order valence-electron chi connectivity index (χ3n) is 5.94. The number of carbonyl (C=O) groups excluding carboxylic acids is 2. The largest absolute Gasteiger partial charge is 0.355 e. The van der Waals surface area contributed by atoms with Crippen LogP contribution in [0.1, 0.15) is 11.3 Å². The van der Waals surface area contributed by atoms with E-state index in [1.807, 2.05) is 42.3 Å². The van der Waals surface area contributed by atoms with Crippen LogP contribution in [0.2, 0.25) is 0 Å². The maximum absolute atomic E-state index is 13.0. The normalized spacial score (nSPS) is 14.5. The number of nitrogens with one attached hydrogen (secondary N) is 3. The summed E-state index contributed by atoms with van der Waals surface area (Å²) in [5, 5.41) is 6.16. The summed E-state index contributed by atoms with van der Waals surface area (Å²) in [4.78, 5) is 39.1. The Labute approximate surface area is 235 Å². The highest BCUT2D eigenvalue weighted by molar-refractivity contribution is 8.18. The van der Waals surface area contributed by atoms with E-state index in [0.717, 1.165) is 22.7 Å². The van der Waals surface area contributed by atoms with Crippen LogP contribution in [-0.4, -0.2) is 54.7 Å². The van der Waals surface area contributed by atoms with E-state index in [2.05, 4.69) is 30.3 Å². The molecular formula is C27H25N7O4S2. The molecular weight excluding hydrogens is 550 g/mol. The van der Waals surface area contributed by atoms with Gasteiger partial charge in [0.2, 0.25) is 16.0 Å². The van der Waals surface area contributed by atoms with Gasteiger partial charge in [-0.1, -0.05) is 42.5 Å². The van der Waals surface area contributed by atoms with Gasteiger partial charge in [-0.3, -0.25) is 19.9 Å². The first kappa shape index (κ1) is 27.2. The van der Waals surface area contributed by atoms with Gasteiger partial charge in [-0.2, -0.15) is 4.98 Å². The molecule has 0 unspecified atom stereocenters. The van der Waals surface area contributed by atoms with Crippen molar-refractivity contribution in [3.8, 4) is 0 Å². The molecule has 11 nitrogen and oxygen atoms in total. The van der Waals surface area contributed by atoms with Crippen molar-refractivity contribution >= 4 is 61.5 Å². The molecule has 0 spiro atoms. The van der Waals surface area contributed by atoms with Gasteiger partial charge >= 0.3 is 0 Å². The van der Waals surface area contributed by atoms with Crippen molar-refractivity contribution in [3.05, 3.63) is 89.2 Å². The van der Waals surface area contributed by atoms with Crippen molar-refractivity contribution < 1.29 is 18.0 Å². The number of amides is 2. The fraction of sp³-hybridized carbons (Fsp3) is 0.148. The van der Waals surface area contributed by atoms with E-state index in [1.165, 1.54) is 6.08 Å². The Morgan fingerprint density at radius 2 is 1.85 bits per heavy atom. The number of hydrogen-bond donors (Lipinski definition) is 3. The summed E-state index contributed by atoms with van der Waals surface area (Å²) >= 11 is 0.801. The lowest BCUT2D eigenvalue weighted by molar-refractivity contribution is -0.115. The summed E-state index contributed by atoms with van der Waals surface area (Å²) in [6.07, 6.45) is 4.69. The van der Waals surface area contributed by atoms with Crippen LogP contribution in [0.5, 0.6) is 0 Å². The van der Waals surface area contributed by atoms with Crippen molar-refractivity contribution in [2.75, 3.05) is 30.4 Å². The van der Waals surface area contributed by atoms with Crippen LogP contribution in [0.4, 0.5) is 16.6 Å². The summed E-state index contributed by atoms with van der Waals surface area (Å²) in [6, 6.07) is 18.3. The lowest BCUT2D eigenvalue weighted by atomic mass is 10.2. The maximum Gasteiger partial charge on any atom is 0.290 e. The summed E-state index contributed by atoms with van der Waals surface area (Å²) in [5.41, 5.74) is 1.50. The standard InChI is InChI=1S/C27H25N7O4S2/c1-34(17-18-6-3-2-4-7-18)24-15-20(14-22-25(35)33-27(36)39-22)31-26(32-24)29-12-13-30-40(37,38)23-9-5-8-19-16-28-11-10-21(19)23/h2-11,14-16,30H,12-13,17H2,1H3,(H,29,31,32)(H,33,35,36)/b22-14-. The van der Waals surface area contributed by atoms with Crippen molar-refractivity contribution in [3.63, 3.8) is 0 Å². The second kappa shape index (κ2) is 11.8. The van der Waals surface area contributed by atoms with Gasteiger partial charge < -0.3 is 10.2 Å². The third-order valence-corrected chi connectivity index (χ3v) is 8.27. The van der Waals surface area contributed by atoms with Crippen molar-refractivity contribution in [2.45, 2.75) is 11.4 Å². The van der Waals surface area contributed by atoms with Crippen LogP contribution in [0.25, 0.3) is 16.8 Å². The first-order valence-corrected chi connectivity index (χ1v) is 14.5. The third kappa shape index (κ3) is 6.45. The first-order chi connectivity index (χ1) is 19.3. The van der Waals surface area contributed by atoms with Crippen molar-refractivity contribution in [2.24, 2.45) is 0 Å². The van der Waals surface area contributed by atoms with Crippen molar-refractivity contribution in [1.82, 2.24) is 25.0 Å². The Morgan fingerprint density at radius 1 is 1.02 bits per heavy atom. The second-order valence-electron chi connectivity index (χ2n) is 8.85. The lowest BCUT2D eigenvalue weighted by Gasteiger charge is -2.19. The number of nitrogens with zero attached hydrogens (tertiary/aromatic N) is 4. The van der Waals surface area contributed by atoms with E-state index in [4.69, 9.17) is 0 Å². The van der Waals surface area contributed by atoms with E-state index >= 15 is 0 Å². The van der Waals surface area contributed by atoms with Gasteiger partial charge in [-0.15, -0.1) is 0 Å². The van der Waals surface area contributed by atoms with Crippen LogP contribution in [-0.2, 0) is 21.4 Å². The Morgan fingerprint density at radius 3 is 2.62 bits per heavy atom. The number of carbonyl (C=O) groups is 2. The number of aromatic nitrogens is 3. The number of pyridine rings is 1. The molecule has 3 N–H and O–H groups in total. The smallest absolute Gasteiger partial charge is 0.290 e. The molecule has 0 radical (unpaired) electrons. The Hall–Kier alpha value is -4.33.